The maximum atomic E-state index is 10.6. The highest BCUT2D eigenvalue weighted by Gasteiger charge is 2.30. The third-order valence-corrected chi connectivity index (χ3v) is 2.06. The van der Waals surface area contributed by atoms with Crippen molar-refractivity contribution in [2.75, 3.05) is 6.61 Å². The van der Waals surface area contributed by atoms with Crippen LogP contribution in [-0.4, -0.2) is 17.1 Å². The second-order valence-corrected chi connectivity index (χ2v) is 4.05. The summed E-state index contributed by atoms with van der Waals surface area (Å²) in [5.74, 6) is 0. The Morgan fingerprint density at radius 3 is 2.47 bits per heavy atom. The van der Waals surface area contributed by atoms with E-state index in [9.17, 15) is 10.1 Å². The molecule has 0 N–H and O–H groups in total. The molecule has 4 nitrogen and oxygen atoms in total. The summed E-state index contributed by atoms with van der Waals surface area (Å²) in [5.41, 5.74) is 0.00561. The molecule has 1 aromatic rings. The normalized spacial score (nSPS) is 11.3. The van der Waals surface area contributed by atoms with Crippen molar-refractivity contribution in [1.82, 2.24) is 0 Å². The average molecular weight is 209 g/mol. The Kier molecular flexibility index (Phi) is 3.80. The summed E-state index contributed by atoms with van der Waals surface area (Å²) in [7, 11) is 0. The van der Waals surface area contributed by atoms with Crippen LogP contribution < -0.4 is 0 Å². The quantitative estimate of drug-likeness (QED) is 0.552. The Balaban J connectivity index is 2.37. The first kappa shape index (κ1) is 11.7. The molecule has 82 valence electrons. The maximum Gasteiger partial charge on any atom is 0.239 e. The smallest absolute Gasteiger partial charge is 0.239 e. The van der Waals surface area contributed by atoms with Crippen molar-refractivity contribution in [3.63, 3.8) is 0 Å². The number of rotatable bonds is 5. The van der Waals surface area contributed by atoms with Gasteiger partial charge in [0.15, 0.2) is 0 Å². The molecule has 0 amide bonds. The standard InChI is InChI=1S/C11H15NO3/c1-11(2,12(13)14)9-15-8-10-6-4-3-5-7-10/h3-7H,8-9H2,1-2H3. The maximum absolute atomic E-state index is 10.6. The largest absolute Gasteiger partial charge is 0.369 e. The zero-order valence-corrected chi connectivity index (χ0v) is 8.97. The predicted octanol–water partition coefficient (Wildman–Crippen LogP) is 2.26. The van der Waals surface area contributed by atoms with Gasteiger partial charge in [0.1, 0.15) is 6.61 Å². The summed E-state index contributed by atoms with van der Waals surface area (Å²) < 4.78 is 5.30. The number of nitrogens with zero attached hydrogens (tertiary/aromatic N) is 1. The van der Waals surface area contributed by atoms with E-state index in [2.05, 4.69) is 0 Å². The molecule has 1 aromatic carbocycles. The molecule has 0 aromatic heterocycles. The van der Waals surface area contributed by atoms with Crippen LogP contribution in [0.15, 0.2) is 30.3 Å². The van der Waals surface area contributed by atoms with Gasteiger partial charge in [-0.2, -0.15) is 0 Å². The van der Waals surface area contributed by atoms with Crippen LogP contribution in [0.2, 0.25) is 0 Å². The van der Waals surface area contributed by atoms with Gasteiger partial charge >= 0.3 is 0 Å². The van der Waals surface area contributed by atoms with Gasteiger partial charge in [0.2, 0.25) is 5.54 Å². The molecule has 0 aliphatic carbocycles. The van der Waals surface area contributed by atoms with Gasteiger partial charge in [0.05, 0.1) is 6.61 Å². The average Bonchev–Trinajstić information content (AvgIpc) is 2.19. The topological polar surface area (TPSA) is 52.4 Å². The van der Waals surface area contributed by atoms with Gasteiger partial charge in [-0.05, 0) is 5.56 Å². The first-order valence-corrected chi connectivity index (χ1v) is 4.78. The minimum atomic E-state index is -1.02. The summed E-state index contributed by atoms with van der Waals surface area (Å²) in [6.07, 6.45) is 0. The van der Waals surface area contributed by atoms with Crippen LogP contribution in [0, 0.1) is 10.1 Å². The van der Waals surface area contributed by atoms with Gasteiger partial charge in [-0.25, -0.2) is 0 Å². The van der Waals surface area contributed by atoms with Crippen LogP contribution in [0.1, 0.15) is 19.4 Å². The molecule has 0 fully saturated rings. The van der Waals surface area contributed by atoms with Gasteiger partial charge in [-0.3, -0.25) is 10.1 Å². The predicted molar refractivity (Wildman–Crippen MR) is 57.2 cm³/mol. The Bertz CT molecular complexity index is 322. The molecule has 0 saturated heterocycles. The number of ether oxygens (including phenoxy) is 1. The van der Waals surface area contributed by atoms with E-state index in [0.29, 0.717) is 6.61 Å². The lowest BCUT2D eigenvalue weighted by atomic mass is 10.1. The van der Waals surface area contributed by atoms with Gasteiger partial charge in [0, 0.05) is 18.8 Å². The van der Waals surface area contributed by atoms with Crippen molar-refractivity contribution < 1.29 is 9.66 Å². The summed E-state index contributed by atoms with van der Waals surface area (Å²) >= 11 is 0. The molecule has 0 spiro atoms. The zero-order chi connectivity index (χ0) is 11.3. The molecule has 0 aliphatic heterocycles. The number of hydrogen-bond acceptors (Lipinski definition) is 3. The Hall–Kier alpha value is -1.42. The molecule has 1 rings (SSSR count). The Labute approximate surface area is 89.0 Å². The van der Waals surface area contributed by atoms with Crippen molar-refractivity contribution in [3.8, 4) is 0 Å². The third-order valence-electron chi connectivity index (χ3n) is 2.06. The molecule has 0 bridgehead atoms. The monoisotopic (exact) mass is 209 g/mol. The molecule has 0 saturated carbocycles. The van der Waals surface area contributed by atoms with Crippen molar-refractivity contribution in [2.24, 2.45) is 0 Å². The van der Waals surface area contributed by atoms with Crippen molar-refractivity contribution in [1.29, 1.82) is 0 Å². The fraction of sp³-hybridized carbons (Fsp3) is 0.455. The number of nitro groups is 1. The van der Waals surface area contributed by atoms with E-state index in [0.717, 1.165) is 5.56 Å². The van der Waals surface area contributed by atoms with E-state index < -0.39 is 5.54 Å². The summed E-state index contributed by atoms with van der Waals surface area (Å²) in [5, 5.41) is 10.6. The minimum absolute atomic E-state index is 0.120. The van der Waals surface area contributed by atoms with Gasteiger partial charge in [-0.1, -0.05) is 30.3 Å². The van der Waals surface area contributed by atoms with Crippen molar-refractivity contribution in [3.05, 3.63) is 46.0 Å². The lowest BCUT2D eigenvalue weighted by Gasteiger charge is -2.15. The first-order chi connectivity index (χ1) is 7.02. The van der Waals surface area contributed by atoms with E-state index in [1.165, 1.54) is 0 Å². The van der Waals surface area contributed by atoms with E-state index in [1.54, 1.807) is 13.8 Å². The Morgan fingerprint density at radius 2 is 1.93 bits per heavy atom. The molecular formula is C11H15NO3. The van der Waals surface area contributed by atoms with E-state index >= 15 is 0 Å². The van der Waals surface area contributed by atoms with Crippen LogP contribution in [-0.2, 0) is 11.3 Å². The molecule has 4 heteroatoms. The summed E-state index contributed by atoms with van der Waals surface area (Å²) in [6.45, 7) is 3.64. The molecule has 0 heterocycles. The lowest BCUT2D eigenvalue weighted by molar-refractivity contribution is -0.564. The van der Waals surface area contributed by atoms with Crippen LogP contribution in [0.3, 0.4) is 0 Å². The summed E-state index contributed by atoms with van der Waals surface area (Å²) in [6, 6.07) is 9.61. The fourth-order valence-electron chi connectivity index (χ4n) is 1.05. The molecular weight excluding hydrogens is 194 g/mol. The zero-order valence-electron chi connectivity index (χ0n) is 8.97. The highest BCUT2D eigenvalue weighted by atomic mass is 16.6. The van der Waals surface area contributed by atoms with Crippen molar-refractivity contribution in [2.45, 2.75) is 26.0 Å². The highest BCUT2D eigenvalue weighted by molar-refractivity contribution is 5.13. The molecule has 15 heavy (non-hydrogen) atoms. The fourth-order valence-corrected chi connectivity index (χ4v) is 1.05. The molecule has 0 radical (unpaired) electrons. The highest BCUT2D eigenvalue weighted by Crippen LogP contribution is 2.09. The molecule has 0 atom stereocenters. The number of benzene rings is 1. The minimum Gasteiger partial charge on any atom is -0.369 e. The van der Waals surface area contributed by atoms with Gasteiger partial charge in [-0.15, -0.1) is 0 Å². The van der Waals surface area contributed by atoms with Crippen molar-refractivity contribution >= 4 is 0 Å². The molecule has 0 aliphatic rings. The SMILES string of the molecule is CC(C)(COCc1ccccc1)[N+](=O)[O-]. The van der Waals surface area contributed by atoms with Crippen LogP contribution in [0.5, 0.6) is 0 Å². The van der Waals surface area contributed by atoms with Crippen LogP contribution in [0.25, 0.3) is 0 Å². The second-order valence-electron chi connectivity index (χ2n) is 4.05. The van der Waals surface area contributed by atoms with E-state index in [-0.39, 0.29) is 11.5 Å². The summed E-state index contributed by atoms with van der Waals surface area (Å²) in [4.78, 5) is 10.3. The second kappa shape index (κ2) is 4.89. The third kappa shape index (κ3) is 3.67. The molecule has 0 unspecified atom stereocenters. The number of hydrogen-bond donors (Lipinski definition) is 0. The van der Waals surface area contributed by atoms with Gasteiger partial charge in [0.25, 0.3) is 0 Å². The lowest BCUT2D eigenvalue weighted by Crippen LogP contribution is -2.36. The van der Waals surface area contributed by atoms with Crippen LogP contribution in [0.4, 0.5) is 0 Å². The Morgan fingerprint density at radius 1 is 1.33 bits per heavy atom. The van der Waals surface area contributed by atoms with E-state index in [1.807, 2.05) is 30.3 Å². The van der Waals surface area contributed by atoms with E-state index in [4.69, 9.17) is 4.74 Å². The van der Waals surface area contributed by atoms with Crippen LogP contribution >= 0.6 is 0 Å². The first-order valence-electron chi connectivity index (χ1n) is 4.78. The van der Waals surface area contributed by atoms with Gasteiger partial charge < -0.3 is 4.74 Å².